The molecule has 0 aliphatic heterocycles. The third-order valence-corrected chi connectivity index (χ3v) is 4.60. The lowest BCUT2D eigenvalue weighted by Crippen LogP contribution is -2.08. The minimum atomic E-state index is 0.583. The maximum Gasteiger partial charge on any atom is 0.226 e. The molecule has 0 spiro atoms. The largest absolute Gasteiger partial charge is 0.497 e. The van der Waals surface area contributed by atoms with Crippen LogP contribution in [-0.2, 0) is 0 Å². The molecule has 0 aliphatic rings. The van der Waals surface area contributed by atoms with E-state index in [-0.39, 0.29) is 0 Å². The van der Waals surface area contributed by atoms with Crippen LogP contribution in [0.2, 0.25) is 0 Å². The molecule has 0 radical (unpaired) electrons. The SMILES string of the molecule is CCCCNc1nc(Nc2ccc(OC)cc2)c2cnn(-c3ccccc3)c2n1. The van der Waals surface area contributed by atoms with E-state index in [1.807, 2.05) is 59.3 Å². The zero-order chi connectivity index (χ0) is 20.1. The molecular weight excluding hydrogens is 364 g/mol. The van der Waals surface area contributed by atoms with Crippen molar-refractivity contribution >= 4 is 28.5 Å². The Morgan fingerprint density at radius 1 is 1.00 bits per heavy atom. The van der Waals surface area contributed by atoms with E-state index in [4.69, 9.17) is 14.7 Å². The van der Waals surface area contributed by atoms with Crippen molar-refractivity contribution < 1.29 is 4.74 Å². The predicted octanol–water partition coefficient (Wildman–Crippen LogP) is 4.78. The summed E-state index contributed by atoms with van der Waals surface area (Å²) in [5.41, 5.74) is 2.62. The molecule has 0 bridgehead atoms. The van der Waals surface area contributed by atoms with E-state index in [0.717, 1.165) is 47.5 Å². The van der Waals surface area contributed by atoms with Gasteiger partial charge in [0.15, 0.2) is 5.65 Å². The van der Waals surface area contributed by atoms with Crippen molar-refractivity contribution in [3.05, 3.63) is 60.8 Å². The number of unbranched alkanes of at least 4 members (excludes halogenated alkanes) is 1. The summed E-state index contributed by atoms with van der Waals surface area (Å²) in [5, 5.41) is 12.1. The second-order valence-corrected chi connectivity index (χ2v) is 6.66. The van der Waals surface area contributed by atoms with Crippen molar-refractivity contribution in [1.29, 1.82) is 0 Å². The van der Waals surface area contributed by atoms with Gasteiger partial charge in [-0.25, -0.2) is 4.68 Å². The fourth-order valence-corrected chi connectivity index (χ4v) is 3.03. The molecule has 2 N–H and O–H groups in total. The highest BCUT2D eigenvalue weighted by Gasteiger charge is 2.14. The number of fused-ring (bicyclic) bond motifs is 1. The van der Waals surface area contributed by atoms with Crippen LogP contribution < -0.4 is 15.4 Å². The summed E-state index contributed by atoms with van der Waals surface area (Å²) in [6.07, 6.45) is 3.96. The molecule has 148 valence electrons. The van der Waals surface area contributed by atoms with Crippen LogP contribution in [-0.4, -0.2) is 33.4 Å². The van der Waals surface area contributed by atoms with Gasteiger partial charge in [0.25, 0.3) is 0 Å². The van der Waals surface area contributed by atoms with Gasteiger partial charge < -0.3 is 15.4 Å². The zero-order valence-electron chi connectivity index (χ0n) is 16.6. The number of para-hydroxylation sites is 1. The number of nitrogens with zero attached hydrogens (tertiary/aromatic N) is 4. The minimum Gasteiger partial charge on any atom is -0.497 e. The van der Waals surface area contributed by atoms with E-state index in [1.54, 1.807) is 13.3 Å². The van der Waals surface area contributed by atoms with Crippen LogP contribution in [0.4, 0.5) is 17.5 Å². The van der Waals surface area contributed by atoms with Crippen LogP contribution in [0.5, 0.6) is 5.75 Å². The van der Waals surface area contributed by atoms with E-state index in [2.05, 4.69) is 22.7 Å². The Hall–Kier alpha value is -3.61. The number of anilines is 3. The van der Waals surface area contributed by atoms with Crippen molar-refractivity contribution in [2.24, 2.45) is 0 Å². The highest BCUT2D eigenvalue weighted by molar-refractivity contribution is 5.90. The Morgan fingerprint density at radius 2 is 1.79 bits per heavy atom. The van der Waals surface area contributed by atoms with Crippen LogP contribution in [0.15, 0.2) is 60.8 Å². The first-order chi connectivity index (χ1) is 14.3. The van der Waals surface area contributed by atoms with Gasteiger partial charge in [-0.3, -0.25) is 0 Å². The number of methoxy groups -OCH3 is 1. The van der Waals surface area contributed by atoms with Gasteiger partial charge in [-0.05, 0) is 42.8 Å². The molecule has 0 saturated heterocycles. The van der Waals surface area contributed by atoms with Gasteiger partial charge in [-0.1, -0.05) is 31.5 Å². The summed E-state index contributed by atoms with van der Waals surface area (Å²) in [6, 6.07) is 17.7. The molecule has 2 aromatic heterocycles. The fraction of sp³-hybridized carbons (Fsp3) is 0.227. The van der Waals surface area contributed by atoms with Crippen molar-refractivity contribution in [3.63, 3.8) is 0 Å². The van der Waals surface area contributed by atoms with Crippen molar-refractivity contribution in [2.45, 2.75) is 19.8 Å². The highest BCUT2D eigenvalue weighted by Crippen LogP contribution is 2.27. The van der Waals surface area contributed by atoms with Crippen molar-refractivity contribution in [3.8, 4) is 11.4 Å². The Bertz CT molecular complexity index is 1080. The monoisotopic (exact) mass is 388 g/mol. The molecule has 7 heteroatoms. The Labute approximate surface area is 169 Å². The van der Waals surface area contributed by atoms with Crippen LogP contribution >= 0.6 is 0 Å². The number of hydrogen-bond donors (Lipinski definition) is 2. The van der Waals surface area contributed by atoms with Crippen molar-refractivity contribution in [2.75, 3.05) is 24.3 Å². The lowest BCUT2D eigenvalue weighted by Gasteiger charge is -2.11. The maximum absolute atomic E-state index is 5.24. The van der Waals surface area contributed by atoms with E-state index in [1.165, 1.54) is 0 Å². The van der Waals surface area contributed by atoms with Crippen LogP contribution in [0, 0.1) is 0 Å². The zero-order valence-corrected chi connectivity index (χ0v) is 16.6. The number of aromatic nitrogens is 4. The van der Waals surface area contributed by atoms with E-state index in [0.29, 0.717) is 11.8 Å². The third kappa shape index (κ3) is 4.13. The average molecular weight is 388 g/mol. The summed E-state index contributed by atoms with van der Waals surface area (Å²) in [4.78, 5) is 9.43. The number of rotatable bonds is 8. The van der Waals surface area contributed by atoms with Gasteiger partial charge in [0.2, 0.25) is 5.95 Å². The molecule has 0 unspecified atom stereocenters. The van der Waals surface area contributed by atoms with Crippen LogP contribution in [0.25, 0.3) is 16.7 Å². The molecule has 2 heterocycles. The van der Waals surface area contributed by atoms with Crippen LogP contribution in [0.1, 0.15) is 19.8 Å². The molecule has 0 saturated carbocycles. The molecule has 4 rings (SSSR count). The minimum absolute atomic E-state index is 0.583. The van der Waals surface area contributed by atoms with Gasteiger partial charge in [0.05, 0.1) is 24.4 Å². The number of hydrogen-bond acceptors (Lipinski definition) is 6. The molecular formula is C22H24N6O. The summed E-state index contributed by atoms with van der Waals surface area (Å²) < 4.78 is 7.07. The number of benzene rings is 2. The van der Waals surface area contributed by atoms with Gasteiger partial charge >= 0.3 is 0 Å². The first-order valence-electron chi connectivity index (χ1n) is 9.74. The third-order valence-electron chi connectivity index (χ3n) is 4.60. The average Bonchev–Trinajstić information content (AvgIpc) is 3.19. The quantitative estimate of drug-likeness (QED) is 0.423. The van der Waals surface area contributed by atoms with Gasteiger partial charge in [-0.2, -0.15) is 15.1 Å². The first kappa shape index (κ1) is 18.7. The lowest BCUT2D eigenvalue weighted by molar-refractivity contribution is 0.415. The van der Waals surface area contributed by atoms with E-state index >= 15 is 0 Å². The van der Waals surface area contributed by atoms with E-state index < -0.39 is 0 Å². The number of nitrogens with one attached hydrogen (secondary N) is 2. The molecule has 0 atom stereocenters. The summed E-state index contributed by atoms with van der Waals surface area (Å²) >= 11 is 0. The molecule has 29 heavy (non-hydrogen) atoms. The second kappa shape index (κ2) is 8.60. The molecule has 0 amide bonds. The highest BCUT2D eigenvalue weighted by atomic mass is 16.5. The Balaban J connectivity index is 1.75. The topological polar surface area (TPSA) is 76.9 Å². The molecule has 4 aromatic rings. The summed E-state index contributed by atoms with van der Waals surface area (Å²) in [6.45, 7) is 2.98. The fourth-order valence-electron chi connectivity index (χ4n) is 3.03. The Morgan fingerprint density at radius 3 is 2.52 bits per heavy atom. The van der Waals surface area contributed by atoms with Gasteiger partial charge in [0, 0.05) is 12.2 Å². The van der Waals surface area contributed by atoms with Gasteiger partial charge in [0.1, 0.15) is 11.6 Å². The van der Waals surface area contributed by atoms with Crippen molar-refractivity contribution in [1.82, 2.24) is 19.7 Å². The standard InChI is InChI=1S/C22H24N6O/c1-3-4-14-23-22-26-20(25-16-10-12-18(29-2)13-11-16)19-15-24-28(21(19)27-22)17-8-6-5-7-9-17/h5-13,15H,3-4,14H2,1-2H3,(H2,23,25,26,27). The van der Waals surface area contributed by atoms with E-state index in [9.17, 15) is 0 Å². The molecule has 0 fully saturated rings. The van der Waals surface area contributed by atoms with Gasteiger partial charge in [-0.15, -0.1) is 0 Å². The number of ether oxygens (including phenoxy) is 1. The molecule has 2 aromatic carbocycles. The van der Waals surface area contributed by atoms with Crippen LogP contribution in [0.3, 0.4) is 0 Å². The molecule has 7 nitrogen and oxygen atoms in total. The summed E-state index contributed by atoms with van der Waals surface area (Å²) in [7, 11) is 1.66. The lowest BCUT2D eigenvalue weighted by atomic mass is 10.3. The Kier molecular flexibility index (Phi) is 5.56. The smallest absolute Gasteiger partial charge is 0.226 e. The second-order valence-electron chi connectivity index (χ2n) is 6.66. The normalized spacial score (nSPS) is 10.8. The predicted molar refractivity (Wildman–Crippen MR) is 116 cm³/mol. The summed E-state index contributed by atoms with van der Waals surface area (Å²) in [5.74, 6) is 2.10. The molecule has 0 aliphatic carbocycles. The maximum atomic E-state index is 5.24. The first-order valence-corrected chi connectivity index (χ1v) is 9.74.